The van der Waals surface area contributed by atoms with Gasteiger partial charge < -0.3 is 5.11 Å². The van der Waals surface area contributed by atoms with E-state index >= 15 is 0 Å². The Bertz CT molecular complexity index is 972. The number of halogens is 6. The van der Waals surface area contributed by atoms with Gasteiger partial charge in [0, 0.05) is 12.1 Å². The number of rotatable bonds is 2. The van der Waals surface area contributed by atoms with Gasteiger partial charge in [0.1, 0.15) is 0 Å². The number of alkyl halides is 6. The molecule has 1 heterocycles. The molecule has 2 aromatic carbocycles. The van der Waals surface area contributed by atoms with Crippen molar-refractivity contribution in [3.8, 4) is 0 Å². The summed E-state index contributed by atoms with van der Waals surface area (Å²) in [6, 6.07) is 7.90. The van der Waals surface area contributed by atoms with Crippen molar-refractivity contribution in [2.45, 2.75) is 29.5 Å². The summed E-state index contributed by atoms with van der Waals surface area (Å²) in [6.45, 7) is -0.880. The van der Waals surface area contributed by atoms with Gasteiger partial charge in [0.25, 0.3) is 5.72 Å². The highest BCUT2D eigenvalue weighted by molar-refractivity contribution is 7.89. The molecule has 1 N–H and O–H groups in total. The first-order chi connectivity index (χ1) is 12.3. The second-order valence-corrected chi connectivity index (χ2v) is 7.71. The van der Waals surface area contributed by atoms with Crippen LogP contribution >= 0.6 is 0 Å². The third-order valence-electron chi connectivity index (χ3n) is 4.18. The van der Waals surface area contributed by atoms with E-state index in [1.54, 1.807) is 6.07 Å². The van der Waals surface area contributed by atoms with E-state index in [0.29, 0.717) is 12.1 Å². The van der Waals surface area contributed by atoms with Crippen LogP contribution in [-0.2, 0) is 28.5 Å². The molecular formula is C16H11F6NO3S. The Labute approximate surface area is 149 Å². The summed E-state index contributed by atoms with van der Waals surface area (Å²) < 4.78 is 105. The van der Waals surface area contributed by atoms with Crippen molar-refractivity contribution >= 4 is 10.0 Å². The molecule has 1 aliphatic heterocycles. The third-order valence-corrected chi connectivity index (χ3v) is 6.06. The molecular weight excluding hydrogens is 400 g/mol. The van der Waals surface area contributed by atoms with E-state index in [1.165, 1.54) is 24.3 Å². The molecule has 4 nitrogen and oxygen atoms in total. The third kappa shape index (κ3) is 2.99. The van der Waals surface area contributed by atoms with Crippen LogP contribution in [0.3, 0.4) is 0 Å². The van der Waals surface area contributed by atoms with E-state index < -0.39 is 50.7 Å². The van der Waals surface area contributed by atoms with Gasteiger partial charge in [-0.1, -0.05) is 30.3 Å². The zero-order valence-corrected chi connectivity index (χ0v) is 14.0. The number of nitrogens with zero attached hydrogens (tertiary/aromatic N) is 1. The predicted octanol–water partition coefficient (Wildman–Crippen LogP) is 3.62. The Kier molecular flexibility index (Phi) is 4.32. The smallest absolute Gasteiger partial charge is 0.363 e. The van der Waals surface area contributed by atoms with Gasteiger partial charge in [-0.15, -0.1) is 0 Å². The molecule has 1 aliphatic rings. The molecule has 3 rings (SSSR count). The Morgan fingerprint density at radius 3 is 2.07 bits per heavy atom. The van der Waals surface area contributed by atoms with Crippen LogP contribution < -0.4 is 0 Å². The lowest BCUT2D eigenvalue weighted by Crippen LogP contribution is -2.53. The van der Waals surface area contributed by atoms with E-state index in [2.05, 4.69) is 0 Å². The lowest BCUT2D eigenvalue weighted by molar-refractivity contribution is -0.306. The Morgan fingerprint density at radius 2 is 1.56 bits per heavy atom. The fraction of sp³-hybridized carbons (Fsp3) is 0.250. The van der Waals surface area contributed by atoms with Crippen LogP contribution in [0.4, 0.5) is 26.3 Å². The molecule has 11 heteroatoms. The van der Waals surface area contributed by atoms with E-state index in [-0.39, 0.29) is 15.9 Å². The summed E-state index contributed by atoms with van der Waals surface area (Å²) in [5.41, 5.74) is -6.88. The molecule has 0 fully saturated rings. The lowest BCUT2D eigenvalue weighted by atomic mass is 9.99. The SMILES string of the molecule is O=S1(=O)c2ccc(C(F)(F)F)cc2C(O)(C(F)(F)F)N1Cc1ccccc1. The standard InChI is InChI=1S/C16H11F6NO3S/c17-15(18,19)11-6-7-13-12(8-11)14(24,16(20,21)22)23(27(13,25)26)9-10-4-2-1-3-5-10/h1-8,24H,9H2. The van der Waals surface area contributed by atoms with E-state index in [0.717, 1.165) is 0 Å². The first-order valence-corrected chi connectivity index (χ1v) is 8.81. The molecule has 146 valence electrons. The summed E-state index contributed by atoms with van der Waals surface area (Å²) in [5, 5.41) is 10.4. The van der Waals surface area contributed by atoms with Crippen LogP contribution in [0.15, 0.2) is 53.4 Å². The van der Waals surface area contributed by atoms with Crippen LogP contribution in [0.1, 0.15) is 16.7 Å². The number of fused-ring (bicyclic) bond motifs is 1. The summed E-state index contributed by atoms with van der Waals surface area (Å²) in [5.74, 6) is 0. The molecule has 1 atom stereocenters. The zero-order valence-electron chi connectivity index (χ0n) is 13.2. The largest absolute Gasteiger partial charge is 0.436 e. The number of benzene rings is 2. The summed E-state index contributed by atoms with van der Waals surface area (Å²) in [7, 11) is -4.90. The molecule has 0 aromatic heterocycles. The Balaban J connectivity index is 2.25. The van der Waals surface area contributed by atoms with Gasteiger partial charge >= 0.3 is 12.4 Å². The van der Waals surface area contributed by atoms with Gasteiger partial charge in [-0.3, -0.25) is 0 Å². The van der Waals surface area contributed by atoms with Gasteiger partial charge in [0.2, 0.25) is 10.0 Å². The molecule has 0 saturated heterocycles. The monoisotopic (exact) mass is 411 g/mol. The maximum Gasteiger partial charge on any atom is 0.436 e. The van der Waals surface area contributed by atoms with Crippen LogP contribution in [0.2, 0.25) is 0 Å². The molecule has 27 heavy (non-hydrogen) atoms. The van der Waals surface area contributed by atoms with E-state index in [1.807, 2.05) is 0 Å². The van der Waals surface area contributed by atoms with Crippen molar-refractivity contribution in [2.24, 2.45) is 0 Å². The summed E-state index contributed by atoms with van der Waals surface area (Å²) in [4.78, 5) is -1.02. The van der Waals surface area contributed by atoms with Gasteiger partial charge in [-0.05, 0) is 23.8 Å². The van der Waals surface area contributed by atoms with Crippen LogP contribution in [0, 0.1) is 0 Å². The maximum atomic E-state index is 13.7. The van der Waals surface area contributed by atoms with Gasteiger partial charge in [0.05, 0.1) is 10.5 Å². The lowest BCUT2D eigenvalue weighted by Gasteiger charge is -2.34. The molecule has 0 aliphatic carbocycles. The molecule has 0 bridgehead atoms. The van der Waals surface area contributed by atoms with Crippen molar-refractivity contribution in [3.63, 3.8) is 0 Å². The van der Waals surface area contributed by atoms with Crippen molar-refractivity contribution in [1.29, 1.82) is 0 Å². The molecule has 0 spiro atoms. The minimum atomic E-state index is -5.58. The fourth-order valence-electron chi connectivity index (χ4n) is 2.87. The second-order valence-electron chi connectivity index (χ2n) is 5.88. The quantitative estimate of drug-likeness (QED) is 0.769. The number of aliphatic hydroxyl groups is 1. The first-order valence-electron chi connectivity index (χ1n) is 7.37. The van der Waals surface area contributed by atoms with Crippen LogP contribution in [0.25, 0.3) is 0 Å². The Hall–Kier alpha value is -2.11. The van der Waals surface area contributed by atoms with Crippen LogP contribution in [-0.4, -0.2) is 24.0 Å². The molecule has 1 unspecified atom stereocenters. The van der Waals surface area contributed by atoms with E-state index in [4.69, 9.17) is 0 Å². The number of hydrogen-bond acceptors (Lipinski definition) is 3. The van der Waals surface area contributed by atoms with Crippen molar-refractivity contribution in [3.05, 3.63) is 65.2 Å². The minimum absolute atomic E-state index is 0.0192. The van der Waals surface area contributed by atoms with Gasteiger partial charge in [0.15, 0.2) is 0 Å². The topological polar surface area (TPSA) is 57.6 Å². The average Bonchev–Trinajstić information content (AvgIpc) is 2.74. The van der Waals surface area contributed by atoms with Gasteiger partial charge in [-0.2, -0.15) is 30.6 Å². The molecule has 0 saturated carbocycles. The number of hydrogen-bond donors (Lipinski definition) is 1. The zero-order chi connectivity index (χ0) is 20.3. The average molecular weight is 411 g/mol. The normalized spacial score (nSPS) is 22.6. The summed E-state index contributed by atoms with van der Waals surface area (Å²) in [6.07, 6.45) is -10.6. The van der Waals surface area contributed by atoms with Crippen molar-refractivity contribution in [2.75, 3.05) is 0 Å². The number of sulfonamides is 1. The van der Waals surface area contributed by atoms with E-state index in [9.17, 15) is 39.9 Å². The van der Waals surface area contributed by atoms with Crippen molar-refractivity contribution in [1.82, 2.24) is 4.31 Å². The minimum Gasteiger partial charge on any atom is -0.363 e. The molecule has 0 amide bonds. The van der Waals surface area contributed by atoms with Gasteiger partial charge in [-0.25, -0.2) is 8.42 Å². The second kappa shape index (κ2) is 5.94. The highest BCUT2D eigenvalue weighted by Gasteiger charge is 2.68. The first kappa shape index (κ1) is 19.6. The Morgan fingerprint density at radius 1 is 0.963 bits per heavy atom. The highest BCUT2D eigenvalue weighted by atomic mass is 32.2. The van der Waals surface area contributed by atoms with Crippen molar-refractivity contribution < 1.29 is 39.9 Å². The molecule has 0 radical (unpaired) electrons. The maximum absolute atomic E-state index is 13.7. The van der Waals surface area contributed by atoms with Crippen LogP contribution in [0.5, 0.6) is 0 Å². The fourth-order valence-corrected chi connectivity index (χ4v) is 4.70. The highest BCUT2D eigenvalue weighted by Crippen LogP contribution is 2.52. The molecule has 2 aromatic rings. The predicted molar refractivity (Wildman–Crippen MR) is 80.6 cm³/mol. The summed E-state index contributed by atoms with van der Waals surface area (Å²) >= 11 is 0.